The molecule has 0 amide bonds. The Morgan fingerprint density at radius 1 is 1.12 bits per heavy atom. The van der Waals surface area contributed by atoms with Gasteiger partial charge in [0.25, 0.3) is 5.56 Å². The lowest BCUT2D eigenvalue weighted by atomic mass is 9.53. The first-order valence-electron chi connectivity index (χ1n) is 12.7. The standard InChI is InChI=1S/C26H34N2O4/c1-25-6-3-7-26(15-31-26)22(25)9-18-19(24(30)32-21(18)10-25)14-27-11-16-8-17(13-27)20-4-2-5-23(29)28(20)12-16/h2,4-5,16-19,21-22H,3,6-15H2,1H3/t16-,17+,18-,19-,21-,22-,25-,26+/m1/s1. The van der Waals surface area contributed by atoms with Crippen molar-refractivity contribution in [3.05, 3.63) is 34.2 Å². The molecule has 32 heavy (non-hydrogen) atoms. The smallest absolute Gasteiger partial charge is 0.310 e. The van der Waals surface area contributed by atoms with Crippen molar-refractivity contribution in [3.63, 3.8) is 0 Å². The Labute approximate surface area is 189 Å². The molecule has 2 saturated carbocycles. The maximum Gasteiger partial charge on any atom is 0.310 e. The zero-order chi connectivity index (χ0) is 21.7. The van der Waals surface area contributed by atoms with E-state index >= 15 is 0 Å². The molecule has 0 unspecified atom stereocenters. The number of aromatic nitrogens is 1. The van der Waals surface area contributed by atoms with Gasteiger partial charge < -0.3 is 18.9 Å². The summed E-state index contributed by atoms with van der Waals surface area (Å²) < 4.78 is 14.1. The summed E-state index contributed by atoms with van der Waals surface area (Å²) in [5.74, 6) is 1.80. The van der Waals surface area contributed by atoms with Crippen molar-refractivity contribution < 1.29 is 14.3 Å². The number of ether oxygens (including phenoxy) is 2. The Morgan fingerprint density at radius 3 is 2.84 bits per heavy atom. The Bertz CT molecular complexity index is 1020. The van der Waals surface area contributed by atoms with E-state index in [-0.39, 0.29) is 34.6 Å². The molecule has 2 aliphatic carbocycles. The average molecular weight is 439 g/mol. The van der Waals surface area contributed by atoms with Crippen LogP contribution < -0.4 is 5.56 Å². The molecule has 4 aliphatic heterocycles. The average Bonchev–Trinajstić information content (AvgIpc) is 3.46. The fourth-order valence-corrected chi connectivity index (χ4v) is 8.59. The fourth-order valence-electron chi connectivity index (χ4n) is 8.59. The van der Waals surface area contributed by atoms with Crippen molar-refractivity contribution in [1.82, 2.24) is 9.47 Å². The van der Waals surface area contributed by atoms with Crippen molar-refractivity contribution >= 4 is 5.97 Å². The van der Waals surface area contributed by atoms with Gasteiger partial charge in [0, 0.05) is 49.8 Å². The van der Waals surface area contributed by atoms with E-state index in [1.54, 1.807) is 6.07 Å². The van der Waals surface area contributed by atoms with Gasteiger partial charge in [-0.1, -0.05) is 13.0 Å². The number of fused-ring (bicyclic) bond motifs is 7. The van der Waals surface area contributed by atoms with Crippen LogP contribution in [0.5, 0.6) is 0 Å². The van der Waals surface area contributed by atoms with E-state index in [1.807, 2.05) is 10.6 Å². The van der Waals surface area contributed by atoms with Gasteiger partial charge in [-0.2, -0.15) is 0 Å². The molecule has 8 atom stereocenters. The highest BCUT2D eigenvalue weighted by molar-refractivity contribution is 5.75. The zero-order valence-corrected chi connectivity index (χ0v) is 19.0. The minimum Gasteiger partial charge on any atom is -0.462 e. The monoisotopic (exact) mass is 438 g/mol. The molecular formula is C26H34N2O4. The molecule has 0 radical (unpaired) electrons. The van der Waals surface area contributed by atoms with E-state index in [9.17, 15) is 9.59 Å². The highest BCUT2D eigenvalue weighted by Crippen LogP contribution is 2.62. The number of hydrogen-bond donors (Lipinski definition) is 0. The maximum absolute atomic E-state index is 13.1. The van der Waals surface area contributed by atoms with Crippen LogP contribution >= 0.6 is 0 Å². The fraction of sp³-hybridized carbons (Fsp3) is 0.769. The SMILES string of the molecule is C[C@]12CCC[C@]3(CO3)[C@@H]1C[C@H]1[C@@H](C2)OC(=O)[C@@H]1CN1C[C@H]2C[C@@H](C1)c1cccc(=O)n1C2. The summed E-state index contributed by atoms with van der Waals surface area (Å²) in [6.07, 6.45) is 7.00. The third-order valence-electron chi connectivity index (χ3n) is 10.1. The number of epoxide rings is 1. The number of esters is 1. The second-order valence-corrected chi connectivity index (χ2v) is 12.0. The predicted molar refractivity (Wildman–Crippen MR) is 118 cm³/mol. The Balaban J connectivity index is 1.11. The maximum atomic E-state index is 13.1. The molecule has 3 saturated heterocycles. The Hall–Kier alpha value is -1.66. The van der Waals surface area contributed by atoms with Crippen LogP contribution in [0.1, 0.15) is 57.1 Å². The van der Waals surface area contributed by atoms with Crippen LogP contribution in [0.2, 0.25) is 0 Å². The molecule has 1 aromatic rings. The molecule has 1 spiro atoms. The lowest BCUT2D eigenvalue weighted by Gasteiger charge is -2.52. The van der Waals surface area contributed by atoms with Crippen LogP contribution in [0.4, 0.5) is 0 Å². The first kappa shape index (κ1) is 19.8. The number of nitrogens with zero attached hydrogens (tertiary/aromatic N) is 2. The first-order valence-corrected chi connectivity index (χ1v) is 12.7. The van der Waals surface area contributed by atoms with Crippen LogP contribution in [-0.4, -0.2) is 53.4 Å². The van der Waals surface area contributed by atoms with Gasteiger partial charge in [0.2, 0.25) is 0 Å². The molecule has 6 nitrogen and oxygen atoms in total. The van der Waals surface area contributed by atoms with Gasteiger partial charge in [-0.25, -0.2) is 0 Å². The minimum atomic E-state index is -0.0148. The van der Waals surface area contributed by atoms with Crippen LogP contribution in [0.15, 0.2) is 23.0 Å². The Kier molecular flexibility index (Phi) is 4.14. The molecule has 7 rings (SSSR count). The topological polar surface area (TPSA) is 64.1 Å². The van der Waals surface area contributed by atoms with Crippen molar-refractivity contribution in [2.24, 2.45) is 29.1 Å². The third kappa shape index (κ3) is 2.84. The molecule has 0 N–H and O–H groups in total. The largest absolute Gasteiger partial charge is 0.462 e. The van der Waals surface area contributed by atoms with Crippen molar-refractivity contribution in [1.29, 1.82) is 0 Å². The lowest BCUT2D eigenvalue weighted by Crippen LogP contribution is -2.52. The lowest BCUT2D eigenvalue weighted by molar-refractivity contribution is -0.147. The van der Waals surface area contributed by atoms with Gasteiger partial charge >= 0.3 is 5.97 Å². The van der Waals surface area contributed by atoms with Crippen molar-refractivity contribution in [2.75, 3.05) is 26.2 Å². The van der Waals surface area contributed by atoms with E-state index in [0.717, 1.165) is 52.0 Å². The Morgan fingerprint density at radius 2 is 2.00 bits per heavy atom. The summed E-state index contributed by atoms with van der Waals surface area (Å²) >= 11 is 0. The molecule has 172 valence electrons. The number of likely N-dealkylation sites (tertiary alicyclic amines) is 1. The predicted octanol–water partition coefficient (Wildman–Crippen LogP) is 2.79. The van der Waals surface area contributed by atoms with Crippen molar-refractivity contribution in [2.45, 2.75) is 69.6 Å². The van der Waals surface area contributed by atoms with E-state index in [0.29, 0.717) is 23.7 Å². The highest BCUT2D eigenvalue weighted by atomic mass is 16.6. The number of hydrogen-bond acceptors (Lipinski definition) is 5. The summed E-state index contributed by atoms with van der Waals surface area (Å²) in [6, 6.07) is 5.69. The van der Waals surface area contributed by atoms with Gasteiger partial charge in [-0.05, 0) is 61.8 Å². The summed E-state index contributed by atoms with van der Waals surface area (Å²) in [7, 11) is 0. The quantitative estimate of drug-likeness (QED) is 0.525. The summed E-state index contributed by atoms with van der Waals surface area (Å²) in [5.41, 5.74) is 1.66. The van der Waals surface area contributed by atoms with Gasteiger partial charge in [-0.15, -0.1) is 0 Å². The van der Waals surface area contributed by atoms with E-state index in [2.05, 4.69) is 17.9 Å². The molecule has 1 aromatic heterocycles. The van der Waals surface area contributed by atoms with Crippen LogP contribution in [-0.2, 0) is 20.8 Å². The number of piperidine rings is 1. The number of carbonyl (C=O) groups excluding carboxylic acids is 1. The zero-order valence-electron chi connectivity index (χ0n) is 19.0. The minimum absolute atomic E-state index is 0.0148. The highest BCUT2D eigenvalue weighted by Gasteiger charge is 2.65. The molecule has 6 heteroatoms. The van der Waals surface area contributed by atoms with E-state index < -0.39 is 0 Å². The van der Waals surface area contributed by atoms with E-state index in [1.165, 1.54) is 25.0 Å². The van der Waals surface area contributed by atoms with Gasteiger partial charge in [0.15, 0.2) is 0 Å². The van der Waals surface area contributed by atoms with Gasteiger partial charge in [0.1, 0.15) is 6.10 Å². The number of pyridine rings is 1. The van der Waals surface area contributed by atoms with Crippen LogP contribution in [0.3, 0.4) is 0 Å². The van der Waals surface area contributed by atoms with Crippen LogP contribution in [0, 0.1) is 29.1 Å². The third-order valence-corrected chi connectivity index (χ3v) is 10.1. The normalized spacial score (nSPS) is 46.8. The summed E-state index contributed by atoms with van der Waals surface area (Å²) in [6.45, 7) is 6.87. The molecule has 0 aromatic carbocycles. The molecule has 6 aliphatic rings. The summed E-state index contributed by atoms with van der Waals surface area (Å²) in [4.78, 5) is 27.9. The number of carbonyl (C=O) groups is 1. The molecule has 2 bridgehead atoms. The summed E-state index contributed by atoms with van der Waals surface area (Å²) in [5, 5.41) is 0. The second kappa shape index (κ2) is 6.69. The van der Waals surface area contributed by atoms with Crippen molar-refractivity contribution in [3.8, 4) is 0 Å². The molecular weight excluding hydrogens is 404 g/mol. The van der Waals surface area contributed by atoms with E-state index in [4.69, 9.17) is 9.47 Å². The molecule has 5 fully saturated rings. The number of rotatable bonds is 2. The van der Waals surface area contributed by atoms with Gasteiger partial charge in [-0.3, -0.25) is 9.59 Å². The second-order valence-electron chi connectivity index (χ2n) is 12.0. The first-order chi connectivity index (χ1) is 15.4. The van der Waals surface area contributed by atoms with Crippen LogP contribution in [0.25, 0.3) is 0 Å². The van der Waals surface area contributed by atoms with Gasteiger partial charge in [0.05, 0.1) is 18.1 Å². The molecule has 5 heterocycles.